The Kier molecular flexibility index (Phi) is 4.98. The van der Waals surface area contributed by atoms with Crippen LogP contribution in [0.25, 0.3) is 5.82 Å². The van der Waals surface area contributed by atoms with Crippen LogP contribution in [0.5, 0.6) is 5.75 Å². The smallest absolute Gasteiger partial charge is 0.416 e. The van der Waals surface area contributed by atoms with Crippen molar-refractivity contribution in [2.45, 2.75) is 6.18 Å². The molecule has 1 saturated heterocycles. The quantitative estimate of drug-likeness (QED) is 0.677. The van der Waals surface area contributed by atoms with Crippen molar-refractivity contribution in [3.8, 4) is 11.6 Å². The molecule has 1 fully saturated rings. The monoisotopic (exact) mass is 419 g/mol. The second-order valence-electron chi connectivity index (χ2n) is 6.58. The van der Waals surface area contributed by atoms with E-state index < -0.39 is 23.6 Å². The van der Waals surface area contributed by atoms with Gasteiger partial charge in [-0.25, -0.2) is 19.6 Å². The van der Waals surface area contributed by atoms with Crippen molar-refractivity contribution in [2.75, 3.05) is 30.4 Å². The van der Waals surface area contributed by atoms with Gasteiger partial charge in [-0.05, 0) is 18.2 Å². The lowest BCUT2D eigenvalue weighted by Gasteiger charge is -2.39. The van der Waals surface area contributed by atoms with E-state index in [1.807, 2.05) is 4.90 Å². The minimum absolute atomic E-state index is 0.0220. The highest BCUT2D eigenvalue weighted by Crippen LogP contribution is 2.35. The molecule has 0 atom stereocenters. The van der Waals surface area contributed by atoms with Gasteiger partial charge in [0.05, 0.1) is 24.3 Å². The maximum absolute atomic E-state index is 13.0. The predicted molar refractivity (Wildman–Crippen MR) is 99.3 cm³/mol. The van der Waals surface area contributed by atoms with E-state index in [1.54, 1.807) is 6.07 Å². The van der Waals surface area contributed by atoms with Crippen LogP contribution in [0.3, 0.4) is 0 Å². The number of ether oxygens (including phenoxy) is 1. The topological polar surface area (TPSA) is 98.1 Å². The molecule has 0 bridgehead atoms. The van der Waals surface area contributed by atoms with Crippen molar-refractivity contribution >= 4 is 17.4 Å². The van der Waals surface area contributed by atoms with Gasteiger partial charge in [0.15, 0.2) is 5.82 Å². The Balaban J connectivity index is 1.42. The first-order valence-corrected chi connectivity index (χ1v) is 8.83. The molecule has 3 heterocycles. The van der Waals surface area contributed by atoms with Crippen molar-refractivity contribution < 1.29 is 22.7 Å². The molecule has 2 aromatic heterocycles. The molecule has 3 aromatic rings. The number of benzene rings is 1. The zero-order chi connectivity index (χ0) is 21.3. The van der Waals surface area contributed by atoms with Gasteiger partial charge in [-0.1, -0.05) is 0 Å². The number of amides is 1. The van der Waals surface area contributed by atoms with Crippen LogP contribution in [-0.4, -0.2) is 50.8 Å². The SMILES string of the molecule is COc1ccc(C(F)(F)F)cc1NC(=O)C1CN(c2cc(-n3cncn3)ncn2)C1. The van der Waals surface area contributed by atoms with Crippen LogP contribution in [-0.2, 0) is 11.0 Å². The number of aromatic nitrogens is 5. The number of alkyl halides is 3. The van der Waals surface area contributed by atoms with Gasteiger partial charge in [-0.15, -0.1) is 0 Å². The second kappa shape index (κ2) is 7.61. The van der Waals surface area contributed by atoms with Crippen LogP contribution >= 0.6 is 0 Å². The second-order valence-corrected chi connectivity index (χ2v) is 6.58. The van der Waals surface area contributed by atoms with Gasteiger partial charge in [-0.2, -0.15) is 18.3 Å². The number of carbonyl (C=O) groups excluding carboxylic acids is 1. The summed E-state index contributed by atoms with van der Waals surface area (Å²) in [6, 6.07) is 4.65. The number of anilines is 2. The number of halogens is 3. The summed E-state index contributed by atoms with van der Waals surface area (Å²) < 4.78 is 45.4. The van der Waals surface area contributed by atoms with Gasteiger partial charge in [-0.3, -0.25) is 4.79 Å². The Morgan fingerprint density at radius 2 is 1.93 bits per heavy atom. The van der Waals surface area contributed by atoms with E-state index in [1.165, 1.54) is 36.8 Å². The third-order valence-corrected chi connectivity index (χ3v) is 4.65. The number of hydrogen-bond acceptors (Lipinski definition) is 7. The van der Waals surface area contributed by atoms with Crippen LogP contribution < -0.4 is 15.0 Å². The highest BCUT2D eigenvalue weighted by molar-refractivity contribution is 5.95. The summed E-state index contributed by atoms with van der Waals surface area (Å²) in [6.07, 6.45) is -0.254. The highest BCUT2D eigenvalue weighted by Gasteiger charge is 2.35. The molecule has 1 N–H and O–H groups in total. The summed E-state index contributed by atoms with van der Waals surface area (Å²) in [5, 5.41) is 6.54. The molecule has 4 rings (SSSR count). The zero-order valence-electron chi connectivity index (χ0n) is 15.7. The lowest BCUT2D eigenvalue weighted by molar-refractivity contribution is -0.137. The van der Waals surface area contributed by atoms with E-state index in [4.69, 9.17) is 4.74 Å². The first-order valence-electron chi connectivity index (χ1n) is 8.83. The summed E-state index contributed by atoms with van der Waals surface area (Å²) in [5.41, 5.74) is -0.887. The molecule has 0 aliphatic carbocycles. The van der Waals surface area contributed by atoms with E-state index in [0.717, 1.165) is 12.1 Å². The molecule has 1 aliphatic rings. The van der Waals surface area contributed by atoms with Crippen LogP contribution in [0.2, 0.25) is 0 Å². The standard InChI is InChI=1S/C18H16F3N7O2/c1-30-14-3-2-12(18(19,20)21)4-13(14)26-17(29)11-6-27(7-11)15-5-16(24-9-23-15)28-10-22-8-25-28/h2-5,8-11H,6-7H2,1H3,(H,26,29). The number of carbonyl (C=O) groups is 1. The Labute approximate surface area is 168 Å². The van der Waals surface area contributed by atoms with Crippen molar-refractivity contribution in [3.05, 3.63) is 48.8 Å². The summed E-state index contributed by atoms with van der Waals surface area (Å²) >= 11 is 0. The molecule has 0 radical (unpaired) electrons. The minimum Gasteiger partial charge on any atom is -0.495 e. The summed E-state index contributed by atoms with van der Waals surface area (Å²) in [7, 11) is 1.32. The number of nitrogens with zero attached hydrogens (tertiary/aromatic N) is 6. The van der Waals surface area contributed by atoms with E-state index in [2.05, 4.69) is 25.4 Å². The molecule has 0 spiro atoms. The molecular weight excluding hydrogens is 403 g/mol. The Morgan fingerprint density at radius 1 is 1.17 bits per heavy atom. The van der Waals surface area contributed by atoms with Gasteiger partial charge >= 0.3 is 6.18 Å². The van der Waals surface area contributed by atoms with E-state index >= 15 is 0 Å². The third kappa shape index (κ3) is 3.88. The predicted octanol–water partition coefficient (Wildman–Crippen LogP) is 2.16. The van der Waals surface area contributed by atoms with Gasteiger partial charge in [0.1, 0.15) is 30.5 Å². The highest BCUT2D eigenvalue weighted by atomic mass is 19.4. The Hall–Kier alpha value is -3.70. The third-order valence-electron chi connectivity index (χ3n) is 4.65. The first-order chi connectivity index (χ1) is 14.3. The number of rotatable bonds is 5. The van der Waals surface area contributed by atoms with Gasteiger partial charge < -0.3 is 15.0 Å². The molecule has 12 heteroatoms. The Morgan fingerprint density at radius 3 is 2.60 bits per heavy atom. The van der Waals surface area contributed by atoms with Crippen molar-refractivity contribution in [1.82, 2.24) is 24.7 Å². The number of methoxy groups -OCH3 is 1. The van der Waals surface area contributed by atoms with Crippen molar-refractivity contribution in [1.29, 1.82) is 0 Å². The van der Waals surface area contributed by atoms with Crippen LogP contribution in [0.4, 0.5) is 24.7 Å². The first kappa shape index (κ1) is 19.6. The molecule has 1 aliphatic heterocycles. The molecule has 1 amide bonds. The van der Waals surface area contributed by atoms with Gasteiger partial charge in [0.25, 0.3) is 0 Å². The van der Waals surface area contributed by atoms with E-state index in [0.29, 0.717) is 24.7 Å². The molecule has 0 unspecified atom stereocenters. The number of nitrogens with one attached hydrogen (secondary N) is 1. The largest absolute Gasteiger partial charge is 0.495 e. The van der Waals surface area contributed by atoms with Crippen molar-refractivity contribution in [2.24, 2.45) is 5.92 Å². The molecule has 1 aromatic carbocycles. The fourth-order valence-electron chi connectivity index (χ4n) is 3.01. The van der Waals surface area contributed by atoms with Gasteiger partial charge in [0.2, 0.25) is 5.91 Å². The molecule has 30 heavy (non-hydrogen) atoms. The summed E-state index contributed by atoms with van der Waals surface area (Å²) in [5.74, 6) is 0.486. The normalized spacial score (nSPS) is 14.3. The van der Waals surface area contributed by atoms with E-state index in [-0.39, 0.29) is 11.4 Å². The minimum atomic E-state index is -4.52. The lowest BCUT2D eigenvalue weighted by Crippen LogP contribution is -2.52. The van der Waals surface area contributed by atoms with E-state index in [9.17, 15) is 18.0 Å². The molecule has 0 saturated carbocycles. The summed E-state index contributed by atoms with van der Waals surface area (Å²) in [4.78, 5) is 26.6. The lowest BCUT2D eigenvalue weighted by atomic mass is 9.99. The molecular formula is C18H16F3N7O2. The van der Waals surface area contributed by atoms with Crippen molar-refractivity contribution in [3.63, 3.8) is 0 Å². The van der Waals surface area contributed by atoms with Crippen LogP contribution in [0.15, 0.2) is 43.2 Å². The van der Waals surface area contributed by atoms with Crippen LogP contribution in [0.1, 0.15) is 5.56 Å². The molecule has 9 nitrogen and oxygen atoms in total. The maximum Gasteiger partial charge on any atom is 0.416 e. The number of hydrogen-bond donors (Lipinski definition) is 1. The average molecular weight is 419 g/mol. The zero-order valence-corrected chi connectivity index (χ0v) is 15.7. The Bertz CT molecular complexity index is 1050. The fourth-order valence-corrected chi connectivity index (χ4v) is 3.01. The summed E-state index contributed by atoms with van der Waals surface area (Å²) in [6.45, 7) is 0.724. The van der Waals surface area contributed by atoms with Crippen LogP contribution in [0, 0.1) is 5.92 Å². The fraction of sp³-hybridized carbons (Fsp3) is 0.278. The average Bonchev–Trinajstić information content (AvgIpc) is 3.21. The van der Waals surface area contributed by atoms with Gasteiger partial charge in [0, 0.05) is 19.2 Å². The maximum atomic E-state index is 13.0. The molecule has 156 valence electrons.